The van der Waals surface area contributed by atoms with Gasteiger partial charge in [-0.05, 0) is 23.6 Å². The molecule has 0 saturated heterocycles. The van der Waals surface area contributed by atoms with E-state index in [1.807, 2.05) is 26.0 Å². The van der Waals surface area contributed by atoms with Crippen LogP contribution < -0.4 is 10.6 Å². The van der Waals surface area contributed by atoms with E-state index in [-0.39, 0.29) is 23.6 Å². The number of nitrogens with one attached hydrogen (secondary N) is 2. The van der Waals surface area contributed by atoms with E-state index in [4.69, 9.17) is 0 Å². The summed E-state index contributed by atoms with van der Waals surface area (Å²) in [6.07, 6.45) is 0. The van der Waals surface area contributed by atoms with Crippen LogP contribution >= 0.6 is 0 Å². The van der Waals surface area contributed by atoms with Crippen LogP contribution in [0.4, 0.5) is 0 Å². The van der Waals surface area contributed by atoms with E-state index in [1.165, 1.54) is 6.92 Å². The second-order valence-electron chi connectivity index (χ2n) is 5.89. The van der Waals surface area contributed by atoms with Crippen molar-refractivity contribution < 1.29 is 14.4 Å². The van der Waals surface area contributed by atoms with Gasteiger partial charge in [0.2, 0.25) is 11.8 Å². The van der Waals surface area contributed by atoms with Crippen molar-refractivity contribution in [3.05, 3.63) is 35.4 Å². The van der Waals surface area contributed by atoms with Crippen molar-refractivity contribution in [2.75, 3.05) is 14.1 Å². The van der Waals surface area contributed by atoms with Gasteiger partial charge in [0.05, 0.1) is 0 Å². The second kappa shape index (κ2) is 8.31. The van der Waals surface area contributed by atoms with Crippen LogP contribution in [-0.2, 0) is 16.1 Å². The molecular weight excluding hydrogens is 294 g/mol. The molecule has 0 aromatic heterocycles. The molecule has 0 spiro atoms. The van der Waals surface area contributed by atoms with Gasteiger partial charge >= 0.3 is 0 Å². The highest BCUT2D eigenvalue weighted by Gasteiger charge is 2.25. The largest absolute Gasteiger partial charge is 0.355 e. The fourth-order valence-electron chi connectivity index (χ4n) is 2.23. The third-order valence-corrected chi connectivity index (χ3v) is 3.53. The number of carbonyl (C=O) groups is 3. The predicted octanol–water partition coefficient (Wildman–Crippen LogP) is 1.17. The molecule has 6 heteroatoms. The Balaban J connectivity index is 2.77. The highest BCUT2D eigenvalue weighted by Crippen LogP contribution is 2.10. The minimum absolute atomic E-state index is 0.00414. The van der Waals surface area contributed by atoms with Crippen molar-refractivity contribution in [3.8, 4) is 0 Å². The molecule has 23 heavy (non-hydrogen) atoms. The first-order valence-corrected chi connectivity index (χ1v) is 7.59. The van der Waals surface area contributed by atoms with Crippen LogP contribution in [0.3, 0.4) is 0 Å². The number of amides is 3. The SMILES string of the molecule is CNC(=O)c1ccc(CN(C)C(=O)[C@H](NC(C)=O)C(C)C)cc1. The van der Waals surface area contributed by atoms with E-state index in [1.54, 1.807) is 31.1 Å². The lowest BCUT2D eigenvalue weighted by Gasteiger charge is -2.26. The molecular formula is C17H25N3O3. The minimum Gasteiger partial charge on any atom is -0.355 e. The summed E-state index contributed by atoms with van der Waals surface area (Å²) in [5.74, 6) is -0.498. The van der Waals surface area contributed by atoms with Crippen LogP contribution in [0.1, 0.15) is 36.7 Å². The molecule has 1 rings (SSSR count). The average Bonchev–Trinajstić information content (AvgIpc) is 2.51. The molecule has 2 N–H and O–H groups in total. The van der Waals surface area contributed by atoms with Gasteiger partial charge in [0.25, 0.3) is 5.91 Å². The summed E-state index contributed by atoms with van der Waals surface area (Å²) < 4.78 is 0. The van der Waals surface area contributed by atoms with Crippen LogP contribution in [0.2, 0.25) is 0 Å². The van der Waals surface area contributed by atoms with Crippen molar-refractivity contribution in [2.24, 2.45) is 5.92 Å². The maximum Gasteiger partial charge on any atom is 0.251 e. The lowest BCUT2D eigenvalue weighted by Crippen LogP contribution is -2.49. The number of rotatable bonds is 6. The van der Waals surface area contributed by atoms with E-state index in [0.29, 0.717) is 12.1 Å². The molecule has 0 saturated carbocycles. The Hall–Kier alpha value is -2.37. The van der Waals surface area contributed by atoms with E-state index in [2.05, 4.69) is 10.6 Å². The van der Waals surface area contributed by atoms with Crippen molar-refractivity contribution in [2.45, 2.75) is 33.4 Å². The summed E-state index contributed by atoms with van der Waals surface area (Å²) in [4.78, 5) is 36.8. The fraction of sp³-hybridized carbons (Fsp3) is 0.471. The van der Waals surface area contributed by atoms with Gasteiger partial charge < -0.3 is 15.5 Å². The maximum atomic E-state index is 12.5. The van der Waals surface area contributed by atoms with E-state index < -0.39 is 6.04 Å². The van der Waals surface area contributed by atoms with Crippen LogP contribution in [0, 0.1) is 5.92 Å². The lowest BCUT2D eigenvalue weighted by molar-refractivity contribution is -0.136. The molecule has 6 nitrogen and oxygen atoms in total. The Labute approximate surface area is 137 Å². The zero-order chi connectivity index (χ0) is 17.6. The van der Waals surface area contributed by atoms with Gasteiger partial charge in [-0.15, -0.1) is 0 Å². The van der Waals surface area contributed by atoms with Crippen LogP contribution in [-0.4, -0.2) is 42.8 Å². The van der Waals surface area contributed by atoms with Crippen LogP contribution in [0.5, 0.6) is 0 Å². The predicted molar refractivity (Wildman–Crippen MR) is 88.7 cm³/mol. The molecule has 0 unspecified atom stereocenters. The Morgan fingerprint density at radius 2 is 1.70 bits per heavy atom. The molecule has 0 aliphatic carbocycles. The third-order valence-electron chi connectivity index (χ3n) is 3.53. The maximum absolute atomic E-state index is 12.5. The number of nitrogens with zero attached hydrogens (tertiary/aromatic N) is 1. The molecule has 0 radical (unpaired) electrons. The van der Waals surface area contributed by atoms with Gasteiger partial charge in [-0.25, -0.2) is 0 Å². The highest BCUT2D eigenvalue weighted by atomic mass is 16.2. The van der Waals surface area contributed by atoms with E-state index in [9.17, 15) is 14.4 Å². The number of hydrogen-bond acceptors (Lipinski definition) is 3. The molecule has 0 fully saturated rings. The van der Waals surface area contributed by atoms with Crippen LogP contribution in [0.15, 0.2) is 24.3 Å². The van der Waals surface area contributed by atoms with Crippen molar-refractivity contribution in [3.63, 3.8) is 0 Å². The minimum atomic E-state index is -0.539. The monoisotopic (exact) mass is 319 g/mol. The first-order valence-electron chi connectivity index (χ1n) is 7.59. The fourth-order valence-corrected chi connectivity index (χ4v) is 2.23. The van der Waals surface area contributed by atoms with Crippen molar-refractivity contribution in [1.82, 2.24) is 15.5 Å². The van der Waals surface area contributed by atoms with Gasteiger partial charge in [0, 0.05) is 33.1 Å². The molecule has 1 aromatic rings. The number of hydrogen-bond donors (Lipinski definition) is 2. The summed E-state index contributed by atoms with van der Waals surface area (Å²) in [7, 11) is 3.28. The zero-order valence-electron chi connectivity index (χ0n) is 14.3. The molecule has 0 bridgehead atoms. The molecule has 0 aliphatic rings. The average molecular weight is 319 g/mol. The number of carbonyl (C=O) groups excluding carboxylic acids is 3. The molecule has 3 amide bonds. The summed E-state index contributed by atoms with van der Waals surface area (Å²) in [5.41, 5.74) is 1.49. The third kappa shape index (κ3) is 5.39. The molecule has 1 atom stereocenters. The topological polar surface area (TPSA) is 78.5 Å². The Bertz CT molecular complexity index is 567. The first kappa shape index (κ1) is 18.7. The summed E-state index contributed by atoms with van der Waals surface area (Å²) in [6, 6.07) is 6.54. The Kier molecular flexibility index (Phi) is 6.75. The molecule has 0 heterocycles. The highest BCUT2D eigenvalue weighted by molar-refractivity contribution is 5.94. The van der Waals surface area contributed by atoms with Gasteiger partial charge in [-0.1, -0.05) is 26.0 Å². The summed E-state index contributed by atoms with van der Waals surface area (Å²) in [5, 5.41) is 5.26. The van der Waals surface area contributed by atoms with Crippen molar-refractivity contribution in [1.29, 1.82) is 0 Å². The van der Waals surface area contributed by atoms with Crippen molar-refractivity contribution >= 4 is 17.7 Å². The van der Waals surface area contributed by atoms with Gasteiger partial charge in [-0.3, -0.25) is 14.4 Å². The quantitative estimate of drug-likeness (QED) is 0.826. The smallest absolute Gasteiger partial charge is 0.251 e. The normalized spacial score (nSPS) is 11.7. The second-order valence-corrected chi connectivity index (χ2v) is 5.89. The van der Waals surface area contributed by atoms with Gasteiger partial charge in [0.1, 0.15) is 6.04 Å². The van der Waals surface area contributed by atoms with E-state index >= 15 is 0 Å². The first-order chi connectivity index (χ1) is 10.8. The number of likely N-dealkylation sites (N-methyl/N-ethyl adjacent to an activating group) is 1. The summed E-state index contributed by atoms with van der Waals surface area (Å²) in [6.45, 7) is 5.60. The Morgan fingerprint density at radius 1 is 1.13 bits per heavy atom. The van der Waals surface area contributed by atoms with E-state index in [0.717, 1.165) is 5.56 Å². The van der Waals surface area contributed by atoms with Gasteiger partial charge in [0.15, 0.2) is 0 Å². The lowest BCUT2D eigenvalue weighted by atomic mass is 10.0. The zero-order valence-corrected chi connectivity index (χ0v) is 14.3. The molecule has 0 aliphatic heterocycles. The van der Waals surface area contributed by atoms with Crippen LogP contribution in [0.25, 0.3) is 0 Å². The number of benzene rings is 1. The van der Waals surface area contributed by atoms with Gasteiger partial charge in [-0.2, -0.15) is 0 Å². The molecule has 126 valence electrons. The Morgan fingerprint density at radius 3 is 2.13 bits per heavy atom. The summed E-state index contributed by atoms with van der Waals surface area (Å²) >= 11 is 0. The molecule has 1 aromatic carbocycles. The standard InChI is InChI=1S/C17H25N3O3/c1-11(2)15(19-12(3)21)17(23)20(5)10-13-6-8-14(9-7-13)16(22)18-4/h6-9,11,15H,10H2,1-5H3,(H,18,22)(H,19,21)/t15-/m1/s1.